The molecule has 2 rings (SSSR count). The molecule has 0 unspecified atom stereocenters. The van der Waals surface area contributed by atoms with Gasteiger partial charge in [-0.25, -0.2) is 4.39 Å². The lowest BCUT2D eigenvalue weighted by Crippen LogP contribution is -2.12. The van der Waals surface area contributed by atoms with E-state index in [9.17, 15) is 9.18 Å². The van der Waals surface area contributed by atoms with Gasteiger partial charge in [0.2, 0.25) is 0 Å². The highest BCUT2D eigenvalue weighted by Gasteiger charge is 2.10. The number of rotatable bonds is 3. The molecule has 0 saturated heterocycles. The summed E-state index contributed by atoms with van der Waals surface area (Å²) in [6.07, 6.45) is 3.12. The van der Waals surface area contributed by atoms with Gasteiger partial charge in [0.15, 0.2) is 11.6 Å². The molecule has 0 atom stereocenters. The highest BCUT2D eigenvalue weighted by atomic mass is 19.1. The second kappa shape index (κ2) is 5.27. The van der Waals surface area contributed by atoms with Crippen LogP contribution in [0.25, 0.3) is 0 Å². The summed E-state index contributed by atoms with van der Waals surface area (Å²) in [5.41, 5.74) is 0.830. The summed E-state index contributed by atoms with van der Waals surface area (Å²) in [6.45, 7) is 0. The summed E-state index contributed by atoms with van der Waals surface area (Å²) in [5.74, 6) is -0.849. The molecule has 4 nitrogen and oxygen atoms in total. The van der Waals surface area contributed by atoms with Gasteiger partial charge in [-0.1, -0.05) is 0 Å². The normalized spacial score (nSPS) is 9.89. The summed E-state index contributed by atoms with van der Waals surface area (Å²) >= 11 is 0. The van der Waals surface area contributed by atoms with Crippen LogP contribution in [0, 0.1) is 5.82 Å². The lowest BCUT2D eigenvalue weighted by Gasteiger charge is -2.06. The molecule has 18 heavy (non-hydrogen) atoms. The van der Waals surface area contributed by atoms with Crippen LogP contribution < -0.4 is 10.1 Å². The first-order valence-electron chi connectivity index (χ1n) is 5.25. The van der Waals surface area contributed by atoms with Crippen LogP contribution in [0.15, 0.2) is 42.7 Å². The maximum Gasteiger partial charge on any atom is 0.255 e. The van der Waals surface area contributed by atoms with Gasteiger partial charge in [-0.05, 0) is 30.3 Å². The number of hydrogen-bond donors (Lipinski definition) is 1. The lowest BCUT2D eigenvalue weighted by atomic mass is 10.2. The summed E-state index contributed by atoms with van der Waals surface area (Å²) in [5, 5.41) is 2.64. The van der Waals surface area contributed by atoms with Crippen molar-refractivity contribution in [2.75, 3.05) is 12.4 Å². The van der Waals surface area contributed by atoms with Crippen molar-refractivity contribution in [3.8, 4) is 5.75 Å². The quantitative estimate of drug-likeness (QED) is 0.905. The Kier molecular flexibility index (Phi) is 3.52. The van der Waals surface area contributed by atoms with Crippen LogP contribution in [0.2, 0.25) is 0 Å². The number of hydrogen-bond acceptors (Lipinski definition) is 3. The number of benzene rings is 1. The monoisotopic (exact) mass is 246 g/mol. The van der Waals surface area contributed by atoms with Crippen molar-refractivity contribution in [2.45, 2.75) is 0 Å². The first-order chi connectivity index (χ1) is 8.70. The van der Waals surface area contributed by atoms with Crippen LogP contribution in [-0.2, 0) is 0 Å². The molecule has 0 aliphatic rings. The zero-order valence-corrected chi connectivity index (χ0v) is 9.68. The van der Waals surface area contributed by atoms with Crippen LogP contribution in [0.4, 0.5) is 10.1 Å². The van der Waals surface area contributed by atoms with Gasteiger partial charge < -0.3 is 10.1 Å². The van der Waals surface area contributed by atoms with Crippen molar-refractivity contribution >= 4 is 11.6 Å². The minimum absolute atomic E-state index is 0.107. The minimum Gasteiger partial charge on any atom is -0.494 e. The van der Waals surface area contributed by atoms with Gasteiger partial charge in [-0.15, -0.1) is 0 Å². The molecule has 92 valence electrons. The summed E-state index contributed by atoms with van der Waals surface area (Å²) in [4.78, 5) is 15.7. The van der Waals surface area contributed by atoms with E-state index in [2.05, 4.69) is 10.3 Å². The highest BCUT2D eigenvalue weighted by Crippen LogP contribution is 2.18. The van der Waals surface area contributed by atoms with E-state index in [0.29, 0.717) is 5.69 Å². The van der Waals surface area contributed by atoms with Crippen LogP contribution >= 0.6 is 0 Å². The predicted octanol–water partition coefficient (Wildman–Crippen LogP) is 2.48. The molecule has 1 amide bonds. The number of nitrogens with one attached hydrogen (secondary N) is 1. The molecule has 0 bridgehead atoms. The molecule has 0 aliphatic carbocycles. The van der Waals surface area contributed by atoms with Crippen molar-refractivity contribution in [2.24, 2.45) is 0 Å². The number of carbonyl (C=O) groups excluding carboxylic acids is 1. The maximum absolute atomic E-state index is 13.4. The average molecular weight is 246 g/mol. The fourth-order valence-corrected chi connectivity index (χ4v) is 1.45. The van der Waals surface area contributed by atoms with Crippen LogP contribution in [0.5, 0.6) is 5.75 Å². The third kappa shape index (κ3) is 2.63. The molecular weight excluding hydrogens is 235 g/mol. The number of anilines is 1. The van der Waals surface area contributed by atoms with Crippen molar-refractivity contribution in [1.29, 1.82) is 0 Å². The van der Waals surface area contributed by atoms with Gasteiger partial charge in [0.1, 0.15) is 0 Å². The number of nitrogens with zero attached hydrogens (tertiary/aromatic N) is 1. The van der Waals surface area contributed by atoms with E-state index >= 15 is 0 Å². The Labute approximate surface area is 103 Å². The number of amides is 1. The van der Waals surface area contributed by atoms with Gasteiger partial charge in [0.05, 0.1) is 7.11 Å². The van der Waals surface area contributed by atoms with E-state index in [1.54, 1.807) is 24.5 Å². The van der Waals surface area contributed by atoms with E-state index in [1.807, 2.05) is 0 Å². The number of pyridine rings is 1. The number of aromatic nitrogens is 1. The van der Waals surface area contributed by atoms with Crippen LogP contribution in [0.1, 0.15) is 10.4 Å². The van der Waals surface area contributed by atoms with E-state index in [4.69, 9.17) is 4.74 Å². The summed E-state index contributed by atoms with van der Waals surface area (Å²) in [7, 11) is 1.37. The molecule has 0 radical (unpaired) electrons. The van der Waals surface area contributed by atoms with Crippen molar-refractivity contribution in [3.05, 3.63) is 54.1 Å². The van der Waals surface area contributed by atoms with E-state index in [0.717, 1.165) is 6.07 Å². The molecule has 5 heteroatoms. The zero-order valence-electron chi connectivity index (χ0n) is 9.68. The van der Waals surface area contributed by atoms with Crippen molar-refractivity contribution in [1.82, 2.24) is 4.98 Å². The molecule has 2 aromatic rings. The largest absolute Gasteiger partial charge is 0.494 e. The average Bonchev–Trinajstić information content (AvgIpc) is 2.39. The molecule has 1 heterocycles. The number of halogens is 1. The number of carbonyl (C=O) groups is 1. The fourth-order valence-electron chi connectivity index (χ4n) is 1.45. The van der Waals surface area contributed by atoms with Crippen molar-refractivity contribution < 1.29 is 13.9 Å². The Morgan fingerprint density at radius 3 is 2.61 bits per heavy atom. The fraction of sp³-hybridized carbons (Fsp3) is 0.0769. The van der Waals surface area contributed by atoms with E-state index < -0.39 is 5.82 Å². The Bertz CT molecular complexity index is 558. The molecule has 0 fully saturated rings. The Balaban J connectivity index is 2.17. The zero-order chi connectivity index (χ0) is 13.0. The molecular formula is C13H11FN2O2. The van der Waals surface area contributed by atoms with E-state index in [1.165, 1.54) is 19.2 Å². The van der Waals surface area contributed by atoms with Gasteiger partial charge >= 0.3 is 0 Å². The lowest BCUT2D eigenvalue weighted by molar-refractivity contribution is 0.102. The SMILES string of the molecule is COc1ccc(C(=O)Nc2ccncc2)cc1F. The van der Waals surface area contributed by atoms with Crippen LogP contribution in [-0.4, -0.2) is 18.0 Å². The van der Waals surface area contributed by atoms with Gasteiger partial charge in [-0.3, -0.25) is 9.78 Å². The maximum atomic E-state index is 13.4. The smallest absolute Gasteiger partial charge is 0.255 e. The Morgan fingerprint density at radius 2 is 2.00 bits per heavy atom. The summed E-state index contributed by atoms with van der Waals surface area (Å²) in [6, 6.07) is 7.35. The van der Waals surface area contributed by atoms with Gasteiger partial charge in [0.25, 0.3) is 5.91 Å². The number of methoxy groups -OCH3 is 1. The Hall–Kier alpha value is -2.43. The molecule has 1 N–H and O–H groups in total. The second-order valence-corrected chi connectivity index (χ2v) is 3.54. The second-order valence-electron chi connectivity index (χ2n) is 3.54. The molecule has 0 spiro atoms. The third-order valence-electron chi connectivity index (χ3n) is 2.35. The summed E-state index contributed by atoms with van der Waals surface area (Å²) < 4.78 is 18.2. The third-order valence-corrected chi connectivity index (χ3v) is 2.35. The molecule has 0 saturated carbocycles. The first kappa shape index (κ1) is 12.0. The first-order valence-corrected chi connectivity index (χ1v) is 5.25. The standard InChI is InChI=1S/C13H11FN2O2/c1-18-12-3-2-9(8-11(12)14)13(17)16-10-4-6-15-7-5-10/h2-8H,1H3,(H,15,16,17). The van der Waals surface area contributed by atoms with E-state index in [-0.39, 0.29) is 17.2 Å². The highest BCUT2D eigenvalue weighted by molar-refractivity contribution is 6.04. The van der Waals surface area contributed by atoms with Gasteiger partial charge in [0, 0.05) is 23.6 Å². The number of ether oxygens (including phenoxy) is 1. The van der Waals surface area contributed by atoms with Crippen LogP contribution in [0.3, 0.4) is 0 Å². The molecule has 0 aliphatic heterocycles. The Morgan fingerprint density at radius 1 is 1.28 bits per heavy atom. The van der Waals surface area contributed by atoms with Gasteiger partial charge in [-0.2, -0.15) is 0 Å². The molecule has 1 aromatic heterocycles. The van der Waals surface area contributed by atoms with Crippen molar-refractivity contribution in [3.63, 3.8) is 0 Å². The topological polar surface area (TPSA) is 51.2 Å². The molecule has 1 aromatic carbocycles. The minimum atomic E-state index is -0.570. The predicted molar refractivity (Wildman–Crippen MR) is 65.1 cm³/mol.